The van der Waals surface area contributed by atoms with Crippen molar-refractivity contribution in [3.05, 3.63) is 84.6 Å². The average Bonchev–Trinajstić information content (AvgIpc) is 2.73. The maximum Gasteiger partial charge on any atom is 0.180 e. The van der Waals surface area contributed by atoms with Crippen LogP contribution in [-0.2, 0) is 6.54 Å². The number of nitrogens with zero attached hydrogens (tertiary/aromatic N) is 3. The number of aromatic nitrogens is 3. The van der Waals surface area contributed by atoms with Crippen molar-refractivity contribution in [3.8, 4) is 11.3 Å². The number of fused-ring (bicyclic) bond motifs is 1. The summed E-state index contributed by atoms with van der Waals surface area (Å²) in [6.07, 6.45) is 1.77. The molecule has 0 aliphatic carbocycles. The molecular weight excluding hydrogens is 354 g/mol. The number of benzene rings is 2. The van der Waals surface area contributed by atoms with Crippen molar-refractivity contribution >= 4 is 29.6 Å². The molecule has 0 fully saturated rings. The average molecular weight is 373 g/mol. The van der Waals surface area contributed by atoms with Crippen LogP contribution in [0.15, 0.2) is 79.0 Å². The molecule has 134 valence electrons. The largest absolute Gasteiger partial charge is 0.346 e. The first-order valence-corrected chi connectivity index (χ1v) is 9.21. The first-order chi connectivity index (χ1) is 13.3. The highest BCUT2D eigenvalue weighted by atomic mass is 32.1. The van der Waals surface area contributed by atoms with Gasteiger partial charge in [0.1, 0.15) is 16.8 Å². The summed E-state index contributed by atoms with van der Waals surface area (Å²) in [6, 6.07) is 23.9. The highest BCUT2D eigenvalue weighted by molar-refractivity contribution is 7.81. The fourth-order valence-corrected chi connectivity index (χ4v) is 2.95. The van der Waals surface area contributed by atoms with Gasteiger partial charge in [-0.15, -0.1) is 12.6 Å². The predicted octanol–water partition coefficient (Wildman–Crippen LogP) is 4.11. The third-order valence-corrected chi connectivity index (χ3v) is 4.41. The SMILES string of the molecule is SC(NCc1ccccc1)Nc1ccc2ncc(-c3ccccc3)nc2n1. The van der Waals surface area contributed by atoms with Crippen LogP contribution in [-0.4, -0.2) is 20.4 Å². The molecule has 27 heavy (non-hydrogen) atoms. The molecule has 2 N–H and O–H groups in total. The Bertz CT molecular complexity index is 1020. The normalized spacial score (nSPS) is 12.0. The van der Waals surface area contributed by atoms with Gasteiger partial charge < -0.3 is 5.32 Å². The van der Waals surface area contributed by atoms with Gasteiger partial charge in [0.2, 0.25) is 0 Å². The summed E-state index contributed by atoms with van der Waals surface area (Å²) >= 11 is 4.55. The zero-order valence-corrected chi connectivity index (χ0v) is 15.5. The summed E-state index contributed by atoms with van der Waals surface area (Å²) in [7, 11) is 0. The maximum absolute atomic E-state index is 4.65. The third kappa shape index (κ3) is 4.42. The molecule has 2 aromatic carbocycles. The summed E-state index contributed by atoms with van der Waals surface area (Å²) in [5, 5.41) is 6.55. The lowest BCUT2D eigenvalue weighted by Gasteiger charge is -2.15. The van der Waals surface area contributed by atoms with Gasteiger partial charge in [-0.1, -0.05) is 60.7 Å². The van der Waals surface area contributed by atoms with Crippen LogP contribution < -0.4 is 10.6 Å². The zero-order valence-electron chi connectivity index (χ0n) is 14.6. The van der Waals surface area contributed by atoms with Crippen LogP contribution in [0.5, 0.6) is 0 Å². The zero-order chi connectivity index (χ0) is 18.5. The number of hydrogen-bond donors (Lipinski definition) is 3. The molecule has 0 aliphatic heterocycles. The second-order valence-electron chi connectivity index (χ2n) is 6.07. The van der Waals surface area contributed by atoms with Gasteiger partial charge in [-0.25, -0.2) is 9.97 Å². The minimum Gasteiger partial charge on any atom is -0.346 e. The van der Waals surface area contributed by atoms with Crippen LogP contribution >= 0.6 is 12.6 Å². The van der Waals surface area contributed by atoms with Crippen molar-refractivity contribution in [3.63, 3.8) is 0 Å². The molecule has 4 aromatic rings. The van der Waals surface area contributed by atoms with Gasteiger partial charge in [0.25, 0.3) is 0 Å². The Balaban J connectivity index is 1.48. The Hall–Kier alpha value is -2.96. The van der Waals surface area contributed by atoms with Gasteiger partial charge in [-0.05, 0) is 17.7 Å². The van der Waals surface area contributed by atoms with Crippen LogP contribution in [0, 0.1) is 0 Å². The van der Waals surface area contributed by atoms with Crippen molar-refractivity contribution in [1.82, 2.24) is 20.3 Å². The van der Waals surface area contributed by atoms with Gasteiger partial charge in [-0.3, -0.25) is 10.3 Å². The highest BCUT2D eigenvalue weighted by Crippen LogP contribution is 2.19. The molecule has 2 heterocycles. The molecule has 5 nitrogen and oxygen atoms in total. The third-order valence-electron chi connectivity index (χ3n) is 4.10. The van der Waals surface area contributed by atoms with Gasteiger partial charge in [-0.2, -0.15) is 0 Å². The summed E-state index contributed by atoms with van der Waals surface area (Å²) < 4.78 is 0. The Labute approximate surface area is 163 Å². The molecule has 0 aliphatic rings. The molecule has 2 aromatic heterocycles. The smallest absolute Gasteiger partial charge is 0.180 e. The Morgan fingerprint density at radius 1 is 0.852 bits per heavy atom. The van der Waals surface area contributed by atoms with E-state index in [1.807, 2.05) is 60.7 Å². The van der Waals surface area contributed by atoms with Crippen molar-refractivity contribution in [1.29, 1.82) is 0 Å². The van der Waals surface area contributed by atoms with Crippen molar-refractivity contribution < 1.29 is 0 Å². The number of nitrogens with one attached hydrogen (secondary N) is 2. The number of hydrogen-bond acceptors (Lipinski definition) is 6. The van der Waals surface area contributed by atoms with Gasteiger partial charge in [0.05, 0.1) is 11.9 Å². The molecular formula is C21H19N5S. The molecule has 1 atom stereocenters. The lowest BCUT2D eigenvalue weighted by Crippen LogP contribution is -2.31. The number of rotatable bonds is 6. The van der Waals surface area contributed by atoms with Crippen LogP contribution in [0.4, 0.5) is 5.82 Å². The minimum atomic E-state index is -0.236. The number of thiol groups is 1. The van der Waals surface area contributed by atoms with Gasteiger partial charge in [0.15, 0.2) is 5.65 Å². The summed E-state index contributed by atoms with van der Waals surface area (Å²) in [5.74, 6) is 0.697. The molecule has 0 bridgehead atoms. The molecule has 0 saturated heterocycles. The first kappa shape index (κ1) is 17.5. The molecule has 0 amide bonds. The predicted molar refractivity (Wildman–Crippen MR) is 112 cm³/mol. The molecule has 0 saturated carbocycles. The van der Waals surface area contributed by atoms with E-state index in [1.54, 1.807) is 6.20 Å². The fraction of sp³-hybridized carbons (Fsp3) is 0.0952. The second-order valence-corrected chi connectivity index (χ2v) is 6.59. The summed E-state index contributed by atoms with van der Waals surface area (Å²) in [6.45, 7) is 0.716. The van der Waals surface area contributed by atoms with Crippen LogP contribution in [0.1, 0.15) is 5.56 Å². The molecule has 6 heteroatoms. The molecule has 1 unspecified atom stereocenters. The number of pyridine rings is 1. The van der Waals surface area contributed by atoms with E-state index in [-0.39, 0.29) is 5.50 Å². The van der Waals surface area contributed by atoms with E-state index in [2.05, 4.69) is 50.3 Å². The van der Waals surface area contributed by atoms with Crippen LogP contribution in [0.3, 0.4) is 0 Å². The van der Waals surface area contributed by atoms with E-state index in [9.17, 15) is 0 Å². The van der Waals surface area contributed by atoms with Crippen LogP contribution in [0.25, 0.3) is 22.4 Å². The van der Waals surface area contributed by atoms with E-state index >= 15 is 0 Å². The maximum atomic E-state index is 4.65. The summed E-state index contributed by atoms with van der Waals surface area (Å²) in [5.41, 5.74) is 4.14. The standard InChI is InChI=1S/C21H19N5S/c27-21(23-13-15-7-3-1-4-8-15)26-19-12-11-17-20(25-19)24-18(14-22-17)16-9-5-2-6-10-16/h1-12,14,21,23,27H,13H2,(H,24,25,26). The number of anilines is 1. The van der Waals surface area contributed by atoms with E-state index in [0.717, 1.165) is 16.8 Å². The molecule has 0 radical (unpaired) electrons. The minimum absolute atomic E-state index is 0.236. The lowest BCUT2D eigenvalue weighted by atomic mass is 10.2. The van der Waals surface area contributed by atoms with E-state index in [0.29, 0.717) is 18.0 Å². The van der Waals surface area contributed by atoms with Crippen molar-refractivity contribution in [2.75, 3.05) is 5.32 Å². The van der Waals surface area contributed by atoms with Crippen molar-refractivity contribution in [2.24, 2.45) is 0 Å². The van der Waals surface area contributed by atoms with E-state index in [4.69, 9.17) is 0 Å². The van der Waals surface area contributed by atoms with Gasteiger partial charge in [0, 0.05) is 12.1 Å². The molecule has 0 spiro atoms. The monoisotopic (exact) mass is 373 g/mol. The van der Waals surface area contributed by atoms with Gasteiger partial charge >= 0.3 is 0 Å². The lowest BCUT2D eigenvalue weighted by molar-refractivity contribution is 0.698. The second kappa shape index (κ2) is 8.16. The van der Waals surface area contributed by atoms with Crippen LogP contribution in [0.2, 0.25) is 0 Å². The Morgan fingerprint density at radius 2 is 1.59 bits per heavy atom. The molecule has 4 rings (SSSR count). The Kier molecular flexibility index (Phi) is 5.27. The van der Waals surface area contributed by atoms with E-state index in [1.165, 1.54) is 5.56 Å². The highest BCUT2D eigenvalue weighted by Gasteiger charge is 2.07. The topological polar surface area (TPSA) is 62.7 Å². The quantitative estimate of drug-likeness (QED) is 0.351. The van der Waals surface area contributed by atoms with Crippen molar-refractivity contribution in [2.45, 2.75) is 12.0 Å². The Morgan fingerprint density at radius 3 is 2.37 bits per heavy atom. The van der Waals surface area contributed by atoms with E-state index < -0.39 is 0 Å². The first-order valence-electron chi connectivity index (χ1n) is 8.69. The summed E-state index contributed by atoms with van der Waals surface area (Å²) in [4.78, 5) is 13.7. The fourth-order valence-electron chi connectivity index (χ4n) is 2.73.